The van der Waals surface area contributed by atoms with Gasteiger partial charge in [0.25, 0.3) is 11.6 Å². The standard InChI is InChI=1S/C14H16F3N3O2/c1-9-8-13(22,14(15,16)17)20(18-9)12(21)10-4-6-11(7-5-10)19(2)3/h4-7,22H,8H2,1-3H3/t13-/m1/s1. The van der Waals surface area contributed by atoms with Gasteiger partial charge in [-0.2, -0.15) is 23.3 Å². The molecule has 1 atom stereocenters. The fourth-order valence-electron chi connectivity index (χ4n) is 2.18. The summed E-state index contributed by atoms with van der Waals surface area (Å²) in [5.74, 6) is -0.998. The number of anilines is 1. The van der Waals surface area contributed by atoms with Crippen LogP contribution < -0.4 is 4.90 Å². The van der Waals surface area contributed by atoms with Crippen LogP contribution in [0.1, 0.15) is 23.7 Å². The maximum absolute atomic E-state index is 13.1. The zero-order valence-electron chi connectivity index (χ0n) is 12.3. The van der Waals surface area contributed by atoms with Crippen molar-refractivity contribution in [2.45, 2.75) is 25.2 Å². The molecule has 2 rings (SSSR count). The third kappa shape index (κ3) is 2.66. The molecule has 1 amide bonds. The number of hydrogen-bond donors (Lipinski definition) is 1. The number of amides is 1. The molecule has 8 heteroatoms. The van der Waals surface area contributed by atoms with Gasteiger partial charge in [-0.25, -0.2) is 0 Å². The Morgan fingerprint density at radius 1 is 1.32 bits per heavy atom. The zero-order chi connectivity index (χ0) is 16.7. The number of benzene rings is 1. The van der Waals surface area contributed by atoms with Crippen molar-refractivity contribution in [3.63, 3.8) is 0 Å². The maximum Gasteiger partial charge on any atom is 0.438 e. The summed E-state index contributed by atoms with van der Waals surface area (Å²) in [4.78, 5) is 14.1. The Morgan fingerprint density at radius 3 is 2.32 bits per heavy atom. The third-order valence-electron chi connectivity index (χ3n) is 3.40. The number of hydrazone groups is 1. The van der Waals surface area contributed by atoms with Gasteiger partial charge in [0, 0.05) is 37.5 Å². The molecule has 22 heavy (non-hydrogen) atoms. The first-order valence-electron chi connectivity index (χ1n) is 6.51. The van der Waals surface area contributed by atoms with E-state index in [2.05, 4.69) is 5.10 Å². The molecule has 1 aromatic carbocycles. The van der Waals surface area contributed by atoms with Gasteiger partial charge >= 0.3 is 6.18 Å². The number of aliphatic hydroxyl groups is 1. The molecule has 0 saturated heterocycles. The Hall–Kier alpha value is -2.09. The van der Waals surface area contributed by atoms with E-state index >= 15 is 0 Å². The fraction of sp³-hybridized carbons (Fsp3) is 0.429. The molecule has 1 heterocycles. The monoisotopic (exact) mass is 315 g/mol. The Balaban J connectivity index is 2.35. The van der Waals surface area contributed by atoms with Gasteiger partial charge in [-0.1, -0.05) is 0 Å². The summed E-state index contributed by atoms with van der Waals surface area (Å²) in [6.07, 6.45) is -5.74. The van der Waals surface area contributed by atoms with Crippen molar-refractivity contribution in [3.8, 4) is 0 Å². The van der Waals surface area contributed by atoms with Crippen LogP contribution in [0.25, 0.3) is 0 Å². The van der Waals surface area contributed by atoms with E-state index in [1.165, 1.54) is 19.1 Å². The van der Waals surface area contributed by atoms with E-state index < -0.39 is 24.2 Å². The first-order chi connectivity index (χ1) is 10.1. The minimum Gasteiger partial charge on any atom is -0.378 e. The molecule has 120 valence electrons. The topological polar surface area (TPSA) is 56.1 Å². The Bertz CT molecular complexity index is 611. The van der Waals surface area contributed by atoms with Crippen molar-refractivity contribution in [2.75, 3.05) is 19.0 Å². The van der Waals surface area contributed by atoms with E-state index in [0.717, 1.165) is 5.69 Å². The molecule has 0 radical (unpaired) electrons. The van der Waals surface area contributed by atoms with Crippen molar-refractivity contribution in [1.29, 1.82) is 0 Å². The van der Waals surface area contributed by atoms with Crippen molar-refractivity contribution in [3.05, 3.63) is 29.8 Å². The molecule has 0 saturated carbocycles. The minimum atomic E-state index is -4.99. The van der Waals surface area contributed by atoms with E-state index in [9.17, 15) is 23.1 Å². The van der Waals surface area contributed by atoms with Crippen LogP contribution in [0.5, 0.6) is 0 Å². The molecule has 1 aliphatic heterocycles. The van der Waals surface area contributed by atoms with Crippen LogP contribution in [0.4, 0.5) is 18.9 Å². The average molecular weight is 315 g/mol. The van der Waals surface area contributed by atoms with Crippen LogP contribution in [-0.4, -0.2) is 47.7 Å². The van der Waals surface area contributed by atoms with Gasteiger partial charge < -0.3 is 10.0 Å². The van der Waals surface area contributed by atoms with Crippen molar-refractivity contribution in [1.82, 2.24) is 5.01 Å². The summed E-state index contributed by atoms with van der Waals surface area (Å²) < 4.78 is 39.3. The normalized spacial score (nSPS) is 21.8. The number of carbonyl (C=O) groups is 1. The summed E-state index contributed by atoms with van der Waals surface area (Å²) in [5.41, 5.74) is -2.44. The second kappa shape index (κ2) is 5.28. The largest absolute Gasteiger partial charge is 0.438 e. The first kappa shape index (κ1) is 16.3. The third-order valence-corrected chi connectivity index (χ3v) is 3.40. The number of nitrogens with zero attached hydrogens (tertiary/aromatic N) is 3. The van der Waals surface area contributed by atoms with Crippen molar-refractivity contribution < 1.29 is 23.1 Å². The Kier molecular flexibility index (Phi) is 3.90. The lowest BCUT2D eigenvalue weighted by atomic mass is 10.1. The van der Waals surface area contributed by atoms with Gasteiger partial charge in [0.1, 0.15) is 0 Å². The molecule has 0 aliphatic carbocycles. The van der Waals surface area contributed by atoms with Crippen LogP contribution in [0.2, 0.25) is 0 Å². The zero-order valence-corrected chi connectivity index (χ0v) is 12.3. The van der Waals surface area contributed by atoms with Crippen LogP contribution in [0, 0.1) is 0 Å². The highest BCUT2D eigenvalue weighted by atomic mass is 19.4. The molecular weight excluding hydrogens is 299 g/mol. The Morgan fingerprint density at radius 2 is 1.86 bits per heavy atom. The first-order valence-corrected chi connectivity index (χ1v) is 6.51. The Labute approximate surface area is 125 Å². The van der Waals surface area contributed by atoms with Gasteiger partial charge in [-0.3, -0.25) is 4.79 Å². The predicted octanol–water partition coefficient (Wildman–Crippen LogP) is 2.23. The van der Waals surface area contributed by atoms with Gasteiger partial charge in [-0.05, 0) is 31.2 Å². The molecule has 1 aromatic rings. The van der Waals surface area contributed by atoms with E-state index in [1.54, 1.807) is 31.1 Å². The van der Waals surface area contributed by atoms with Crippen molar-refractivity contribution >= 4 is 17.3 Å². The molecule has 0 aromatic heterocycles. The second-order valence-electron chi connectivity index (χ2n) is 5.38. The summed E-state index contributed by atoms with van der Waals surface area (Å²) >= 11 is 0. The van der Waals surface area contributed by atoms with Crippen LogP contribution >= 0.6 is 0 Å². The second-order valence-corrected chi connectivity index (χ2v) is 5.38. The molecule has 5 nitrogen and oxygen atoms in total. The summed E-state index contributed by atoms with van der Waals surface area (Å²) in [7, 11) is 3.60. The SMILES string of the molecule is CC1=NN(C(=O)c2ccc(N(C)C)cc2)[C@](O)(C(F)(F)F)C1. The van der Waals surface area contributed by atoms with E-state index in [1.807, 2.05) is 0 Å². The molecule has 1 N–H and O–H groups in total. The number of hydrogen-bond acceptors (Lipinski definition) is 4. The highest BCUT2D eigenvalue weighted by molar-refractivity contribution is 5.98. The van der Waals surface area contributed by atoms with E-state index in [0.29, 0.717) is 0 Å². The molecule has 0 spiro atoms. The summed E-state index contributed by atoms with van der Waals surface area (Å²) in [5, 5.41) is 13.6. The van der Waals surface area contributed by atoms with E-state index in [4.69, 9.17) is 0 Å². The minimum absolute atomic E-state index is 0.0201. The van der Waals surface area contributed by atoms with Crippen LogP contribution in [0.15, 0.2) is 29.4 Å². The van der Waals surface area contributed by atoms with Gasteiger partial charge in [0.15, 0.2) is 0 Å². The van der Waals surface area contributed by atoms with Crippen LogP contribution in [0.3, 0.4) is 0 Å². The molecule has 0 bridgehead atoms. The molecular formula is C14H16F3N3O2. The lowest BCUT2D eigenvalue weighted by molar-refractivity contribution is -0.297. The maximum atomic E-state index is 13.1. The van der Waals surface area contributed by atoms with Crippen LogP contribution in [-0.2, 0) is 0 Å². The lowest BCUT2D eigenvalue weighted by Gasteiger charge is -2.32. The van der Waals surface area contributed by atoms with Gasteiger partial charge in [-0.15, -0.1) is 0 Å². The van der Waals surface area contributed by atoms with Gasteiger partial charge in [0.05, 0.1) is 0 Å². The molecule has 0 unspecified atom stereocenters. The highest BCUT2D eigenvalue weighted by Gasteiger charge is 2.62. The molecule has 0 fully saturated rings. The van der Waals surface area contributed by atoms with Crippen molar-refractivity contribution in [2.24, 2.45) is 5.10 Å². The fourth-order valence-corrected chi connectivity index (χ4v) is 2.18. The summed E-state index contributed by atoms with van der Waals surface area (Å²) in [6, 6.07) is 6.01. The average Bonchev–Trinajstić information content (AvgIpc) is 2.74. The smallest absolute Gasteiger partial charge is 0.378 e. The predicted molar refractivity (Wildman–Crippen MR) is 75.7 cm³/mol. The number of carbonyl (C=O) groups excluding carboxylic acids is 1. The van der Waals surface area contributed by atoms with E-state index in [-0.39, 0.29) is 16.3 Å². The molecule has 1 aliphatic rings. The van der Waals surface area contributed by atoms with Gasteiger partial charge in [0.2, 0.25) is 0 Å². The number of halogens is 3. The quantitative estimate of drug-likeness (QED) is 0.910. The summed E-state index contributed by atoms with van der Waals surface area (Å²) in [6.45, 7) is 1.33. The number of alkyl halides is 3. The lowest BCUT2D eigenvalue weighted by Crippen LogP contribution is -2.56. The highest BCUT2D eigenvalue weighted by Crippen LogP contribution is 2.40. The number of rotatable bonds is 2.